The van der Waals surface area contributed by atoms with Crippen LogP contribution in [0.4, 0.5) is 5.82 Å². The first-order chi connectivity index (χ1) is 13.1. The van der Waals surface area contributed by atoms with Crippen LogP contribution < -0.4 is 10.1 Å². The summed E-state index contributed by atoms with van der Waals surface area (Å²) in [7, 11) is 1.70. The Kier molecular flexibility index (Phi) is 5.15. The van der Waals surface area contributed by atoms with E-state index in [9.17, 15) is 0 Å². The number of halogens is 2. The molecule has 140 valence electrons. The van der Waals surface area contributed by atoms with Gasteiger partial charge in [0.1, 0.15) is 17.3 Å². The summed E-state index contributed by atoms with van der Waals surface area (Å²) in [5.41, 5.74) is 5.32. The van der Waals surface area contributed by atoms with Gasteiger partial charge in [0.2, 0.25) is 0 Å². The first-order valence-corrected chi connectivity index (χ1v) is 10.2. The lowest BCUT2D eigenvalue weighted by Crippen LogP contribution is -2.08. The van der Waals surface area contributed by atoms with Gasteiger partial charge in [-0.25, -0.2) is 4.68 Å². The van der Waals surface area contributed by atoms with Crippen LogP contribution in [-0.4, -0.2) is 23.4 Å². The predicted octanol–water partition coefficient (Wildman–Crippen LogP) is 6.02. The second-order valence-electron chi connectivity index (χ2n) is 6.75. The van der Waals surface area contributed by atoms with E-state index in [1.54, 1.807) is 7.11 Å². The molecule has 0 saturated heterocycles. The molecular weight excluding hydrogens is 426 g/mol. The van der Waals surface area contributed by atoms with Crippen LogP contribution in [0.1, 0.15) is 24.0 Å². The van der Waals surface area contributed by atoms with Gasteiger partial charge in [-0.3, -0.25) is 0 Å². The molecule has 6 heteroatoms. The number of aromatic nitrogens is 2. The zero-order chi connectivity index (χ0) is 19.0. The number of fused-ring (bicyclic) bond motifs is 1. The van der Waals surface area contributed by atoms with Crippen LogP contribution in [0.25, 0.3) is 16.9 Å². The van der Waals surface area contributed by atoms with E-state index in [1.807, 2.05) is 35.0 Å². The number of aryl methyl sites for hydroxylation is 1. The highest BCUT2D eigenvalue weighted by Gasteiger charge is 2.24. The van der Waals surface area contributed by atoms with Crippen LogP contribution in [0.2, 0.25) is 5.02 Å². The van der Waals surface area contributed by atoms with Gasteiger partial charge in [-0.1, -0.05) is 27.5 Å². The summed E-state index contributed by atoms with van der Waals surface area (Å²) < 4.78 is 8.64. The Bertz CT molecular complexity index is 999. The summed E-state index contributed by atoms with van der Waals surface area (Å²) in [6, 6.07) is 11.9. The molecule has 2 heterocycles. The van der Waals surface area contributed by atoms with Gasteiger partial charge in [-0.2, -0.15) is 5.10 Å². The summed E-state index contributed by atoms with van der Waals surface area (Å²) in [5.74, 6) is 1.89. The average molecular weight is 447 g/mol. The van der Waals surface area contributed by atoms with Crippen molar-refractivity contribution in [3.05, 3.63) is 57.0 Å². The van der Waals surface area contributed by atoms with E-state index in [1.165, 1.54) is 5.56 Å². The predicted molar refractivity (Wildman–Crippen MR) is 114 cm³/mol. The van der Waals surface area contributed by atoms with E-state index in [2.05, 4.69) is 34.2 Å². The molecule has 0 saturated carbocycles. The Hall–Kier alpha value is -1.98. The lowest BCUT2D eigenvalue weighted by Gasteiger charge is -2.11. The number of ether oxygens (including phenoxy) is 1. The van der Waals surface area contributed by atoms with Crippen LogP contribution in [0.3, 0.4) is 0 Å². The number of rotatable bonds is 3. The fourth-order valence-electron chi connectivity index (χ4n) is 3.61. The molecule has 3 aromatic rings. The minimum atomic E-state index is 0.733. The molecule has 1 aliphatic rings. The van der Waals surface area contributed by atoms with E-state index < -0.39 is 0 Å². The molecule has 27 heavy (non-hydrogen) atoms. The topological polar surface area (TPSA) is 39.1 Å². The summed E-state index contributed by atoms with van der Waals surface area (Å²) in [5, 5.41) is 9.35. The summed E-state index contributed by atoms with van der Waals surface area (Å²) >= 11 is 9.75. The summed E-state index contributed by atoms with van der Waals surface area (Å²) in [4.78, 5) is 0. The van der Waals surface area contributed by atoms with Gasteiger partial charge in [0.15, 0.2) is 0 Å². The highest BCUT2D eigenvalue weighted by Crippen LogP contribution is 2.39. The van der Waals surface area contributed by atoms with E-state index in [4.69, 9.17) is 21.4 Å². The third kappa shape index (κ3) is 3.46. The second kappa shape index (κ2) is 7.56. The smallest absolute Gasteiger partial charge is 0.133 e. The zero-order valence-corrected chi connectivity index (χ0v) is 17.7. The zero-order valence-electron chi connectivity index (χ0n) is 15.4. The maximum atomic E-state index is 6.16. The molecule has 0 aliphatic carbocycles. The molecule has 0 spiro atoms. The monoisotopic (exact) mass is 445 g/mol. The number of methoxy groups -OCH3 is 1. The Morgan fingerprint density at radius 2 is 2.04 bits per heavy atom. The van der Waals surface area contributed by atoms with Gasteiger partial charge in [0.25, 0.3) is 0 Å². The van der Waals surface area contributed by atoms with Gasteiger partial charge in [-0.15, -0.1) is 0 Å². The number of hydrogen-bond donors (Lipinski definition) is 1. The van der Waals surface area contributed by atoms with Crippen molar-refractivity contribution in [2.24, 2.45) is 0 Å². The minimum Gasteiger partial charge on any atom is -0.496 e. The highest BCUT2D eigenvalue weighted by atomic mass is 79.9. The number of benzene rings is 2. The highest BCUT2D eigenvalue weighted by molar-refractivity contribution is 9.10. The lowest BCUT2D eigenvalue weighted by molar-refractivity contribution is 0.416. The van der Waals surface area contributed by atoms with Crippen molar-refractivity contribution in [1.82, 2.24) is 9.78 Å². The van der Waals surface area contributed by atoms with Crippen molar-refractivity contribution in [2.75, 3.05) is 19.0 Å². The SMILES string of the molecule is COc1ccc(Br)cc1-c1nn(-c2ccc(Cl)cc2C)c2c1CCCCN2. The first kappa shape index (κ1) is 18.4. The fraction of sp³-hybridized carbons (Fsp3) is 0.286. The van der Waals surface area contributed by atoms with Gasteiger partial charge in [-0.05, 0) is 68.1 Å². The Labute approximate surface area is 172 Å². The normalized spacial score (nSPS) is 13.6. The van der Waals surface area contributed by atoms with Crippen molar-refractivity contribution >= 4 is 33.3 Å². The van der Waals surface area contributed by atoms with Gasteiger partial charge >= 0.3 is 0 Å². The van der Waals surface area contributed by atoms with Crippen molar-refractivity contribution in [1.29, 1.82) is 0 Å². The molecule has 1 aromatic heterocycles. The van der Waals surface area contributed by atoms with E-state index in [0.717, 1.165) is 69.4 Å². The van der Waals surface area contributed by atoms with E-state index in [-0.39, 0.29) is 0 Å². The van der Waals surface area contributed by atoms with E-state index >= 15 is 0 Å². The molecule has 1 aliphatic heterocycles. The largest absolute Gasteiger partial charge is 0.496 e. The van der Waals surface area contributed by atoms with Crippen LogP contribution in [0.5, 0.6) is 5.75 Å². The maximum Gasteiger partial charge on any atom is 0.133 e. The van der Waals surface area contributed by atoms with Crippen LogP contribution in [-0.2, 0) is 6.42 Å². The molecule has 0 bridgehead atoms. The number of anilines is 1. The molecule has 0 unspecified atom stereocenters. The molecular formula is C21H21BrClN3O. The Morgan fingerprint density at radius 1 is 1.19 bits per heavy atom. The van der Waals surface area contributed by atoms with Crippen LogP contribution in [0, 0.1) is 6.92 Å². The quantitative estimate of drug-likeness (QED) is 0.534. The van der Waals surface area contributed by atoms with Crippen molar-refractivity contribution < 1.29 is 4.74 Å². The van der Waals surface area contributed by atoms with Crippen molar-refractivity contribution in [3.8, 4) is 22.7 Å². The molecule has 4 nitrogen and oxygen atoms in total. The molecule has 1 N–H and O–H groups in total. The average Bonchev–Trinajstić information content (AvgIpc) is 2.83. The molecule has 2 aromatic carbocycles. The Balaban J connectivity index is 1.96. The minimum absolute atomic E-state index is 0.733. The van der Waals surface area contributed by atoms with Gasteiger partial charge < -0.3 is 10.1 Å². The summed E-state index contributed by atoms with van der Waals surface area (Å²) in [6.45, 7) is 3.01. The molecule has 0 radical (unpaired) electrons. The standard InChI is InChI=1S/C21H21BrClN3O/c1-13-11-15(23)7-8-18(13)26-21-16(5-3-4-10-24-21)20(25-26)17-12-14(22)6-9-19(17)27-2/h6-9,11-12,24H,3-5,10H2,1-2H3. The van der Waals surface area contributed by atoms with Crippen molar-refractivity contribution in [3.63, 3.8) is 0 Å². The second-order valence-corrected chi connectivity index (χ2v) is 8.10. The summed E-state index contributed by atoms with van der Waals surface area (Å²) in [6.07, 6.45) is 3.26. The lowest BCUT2D eigenvalue weighted by atomic mass is 10.0. The molecule has 4 rings (SSSR count). The van der Waals surface area contributed by atoms with Crippen molar-refractivity contribution in [2.45, 2.75) is 26.2 Å². The third-order valence-electron chi connectivity index (χ3n) is 4.93. The molecule has 0 amide bonds. The number of nitrogens with one attached hydrogen (secondary N) is 1. The Morgan fingerprint density at radius 3 is 2.81 bits per heavy atom. The maximum absolute atomic E-state index is 6.16. The first-order valence-electron chi connectivity index (χ1n) is 9.04. The number of hydrogen-bond acceptors (Lipinski definition) is 3. The molecule has 0 atom stereocenters. The van der Waals surface area contributed by atoms with Gasteiger partial charge in [0.05, 0.1) is 12.8 Å². The van der Waals surface area contributed by atoms with Gasteiger partial charge in [0, 0.05) is 27.2 Å². The number of nitrogens with zero attached hydrogens (tertiary/aromatic N) is 2. The van der Waals surface area contributed by atoms with Crippen LogP contribution >= 0.6 is 27.5 Å². The fourth-order valence-corrected chi connectivity index (χ4v) is 4.20. The molecule has 0 fully saturated rings. The van der Waals surface area contributed by atoms with E-state index in [0.29, 0.717) is 0 Å². The third-order valence-corrected chi connectivity index (χ3v) is 5.66. The van der Waals surface area contributed by atoms with Crippen LogP contribution in [0.15, 0.2) is 40.9 Å².